The van der Waals surface area contributed by atoms with Crippen LogP contribution in [0.1, 0.15) is 78.3 Å². The molecule has 19 nitrogen and oxygen atoms in total. The number of nitrogen functional groups attached to an aromatic ring is 3. The second-order valence-corrected chi connectivity index (χ2v) is 18.4. The lowest BCUT2D eigenvalue weighted by atomic mass is 9.69. The molecule has 2 saturated heterocycles. The molecule has 2 aromatic carbocycles. The molecule has 4 unspecified atom stereocenters. The molecule has 10 N–H and O–H groups in total. The number of fused-ring (bicyclic) bond motifs is 2. The van der Waals surface area contributed by atoms with Gasteiger partial charge in [0.15, 0.2) is 11.5 Å². The van der Waals surface area contributed by atoms with E-state index in [1.807, 2.05) is 13.8 Å². The first kappa shape index (κ1) is 41.5. The van der Waals surface area contributed by atoms with E-state index in [-0.39, 0.29) is 46.1 Å². The first-order chi connectivity index (χ1) is 28.8. The van der Waals surface area contributed by atoms with Crippen LogP contribution in [0.15, 0.2) is 31.3 Å². The van der Waals surface area contributed by atoms with Crippen molar-refractivity contribution in [2.45, 2.75) is 90.0 Å². The Morgan fingerprint density at radius 1 is 0.803 bits per heavy atom. The molecule has 0 amide bonds. The normalized spacial score (nSPS) is 21.1. The summed E-state index contributed by atoms with van der Waals surface area (Å²) in [6.07, 6.45) is 4.24. The first-order valence-electron chi connectivity index (χ1n) is 20.8. The topological polar surface area (TPSA) is 287 Å². The Hall–Kier alpha value is -6.18. The van der Waals surface area contributed by atoms with Crippen LogP contribution >= 0.6 is 0 Å². The summed E-state index contributed by atoms with van der Waals surface area (Å²) in [4.78, 5) is 59.5. The van der Waals surface area contributed by atoms with Gasteiger partial charge in [0, 0.05) is 61.6 Å². The van der Waals surface area contributed by atoms with Gasteiger partial charge >= 0.3 is 11.4 Å². The maximum atomic E-state index is 13.4. The van der Waals surface area contributed by atoms with Gasteiger partial charge in [0.1, 0.15) is 11.0 Å². The lowest BCUT2D eigenvalue weighted by Gasteiger charge is -2.50. The molecule has 4 atom stereocenters. The van der Waals surface area contributed by atoms with Gasteiger partial charge < -0.3 is 42.3 Å². The van der Waals surface area contributed by atoms with E-state index >= 15 is 0 Å². The van der Waals surface area contributed by atoms with Crippen molar-refractivity contribution in [3.05, 3.63) is 53.8 Å². The predicted molar refractivity (Wildman–Crippen MR) is 233 cm³/mol. The number of hydrogen-bond acceptors (Lipinski definition) is 15. The van der Waals surface area contributed by atoms with E-state index in [4.69, 9.17) is 32.5 Å². The molecule has 2 aliphatic carbocycles. The SMILES string of the molecule is COc1c(N2CCC(C(NC(N)(C3CCN(c4cc(N)c5c(=O)n(N)c(=O)n(C6CC6)c5c4OC)C3)C(C)(C)C#N)C(C)(C)C#N)C2)cc(N)c2c(=O)[nH]c(=O)n(C3CC3)c12. The van der Waals surface area contributed by atoms with Crippen molar-refractivity contribution in [2.75, 3.05) is 67.5 Å². The number of aromatic nitrogens is 4. The van der Waals surface area contributed by atoms with Crippen molar-refractivity contribution in [1.29, 1.82) is 10.5 Å². The number of nitrogens with zero attached hydrogens (tertiary/aromatic N) is 7. The quantitative estimate of drug-likeness (QED) is 0.0674. The molecular formula is C42H55N13O6. The van der Waals surface area contributed by atoms with Crippen LogP contribution in [-0.2, 0) is 0 Å². The fraction of sp³-hybridized carbons (Fsp3) is 0.571. The van der Waals surface area contributed by atoms with E-state index in [1.54, 1.807) is 30.5 Å². The van der Waals surface area contributed by atoms with Gasteiger partial charge in [0.25, 0.3) is 11.1 Å². The van der Waals surface area contributed by atoms with Crippen LogP contribution in [0.2, 0.25) is 0 Å². The van der Waals surface area contributed by atoms with Crippen LogP contribution in [0.25, 0.3) is 21.8 Å². The maximum Gasteiger partial charge on any atom is 0.350 e. The summed E-state index contributed by atoms with van der Waals surface area (Å²) in [5.74, 6) is 6.13. The summed E-state index contributed by atoms with van der Waals surface area (Å²) in [6, 6.07) is 7.59. The number of benzene rings is 2. The summed E-state index contributed by atoms with van der Waals surface area (Å²) in [5, 5.41) is 25.5. The van der Waals surface area contributed by atoms with Crippen molar-refractivity contribution < 1.29 is 9.47 Å². The number of rotatable bonds is 12. The van der Waals surface area contributed by atoms with Crippen LogP contribution in [0.5, 0.6) is 11.5 Å². The van der Waals surface area contributed by atoms with Crippen LogP contribution in [0.3, 0.4) is 0 Å². The minimum Gasteiger partial charge on any atom is -0.492 e. The van der Waals surface area contributed by atoms with E-state index in [0.29, 0.717) is 77.6 Å². The molecule has 2 saturated carbocycles. The number of H-pyrrole nitrogens is 1. The Morgan fingerprint density at radius 2 is 1.34 bits per heavy atom. The van der Waals surface area contributed by atoms with Crippen molar-refractivity contribution in [2.24, 2.45) is 28.4 Å². The highest BCUT2D eigenvalue weighted by atomic mass is 16.5. The summed E-state index contributed by atoms with van der Waals surface area (Å²) in [6.45, 7) is 9.14. The Bertz CT molecular complexity index is 2800. The summed E-state index contributed by atoms with van der Waals surface area (Å²) in [7, 11) is 2.99. The van der Waals surface area contributed by atoms with Crippen molar-refractivity contribution in [3.8, 4) is 23.6 Å². The first-order valence-corrected chi connectivity index (χ1v) is 20.8. The van der Waals surface area contributed by atoms with Crippen molar-refractivity contribution in [1.82, 2.24) is 24.1 Å². The number of hydrogen-bond donors (Lipinski definition) is 6. The predicted octanol–water partition coefficient (Wildman–Crippen LogP) is 1.80. The minimum atomic E-state index is -1.35. The number of methoxy groups -OCH3 is 2. The third-order valence-electron chi connectivity index (χ3n) is 13.7. The van der Waals surface area contributed by atoms with Gasteiger partial charge in [-0.05, 0) is 84.3 Å². The molecular weight excluding hydrogens is 783 g/mol. The summed E-state index contributed by atoms with van der Waals surface area (Å²) >= 11 is 0. The number of nitriles is 2. The largest absolute Gasteiger partial charge is 0.492 e. The molecule has 8 rings (SSSR count). The molecule has 324 valence electrons. The number of anilines is 4. The molecule has 2 aliphatic heterocycles. The van der Waals surface area contributed by atoms with E-state index < -0.39 is 45.0 Å². The van der Waals surface area contributed by atoms with E-state index in [2.05, 4.69) is 32.2 Å². The minimum absolute atomic E-state index is 0.0759. The van der Waals surface area contributed by atoms with Gasteiger partial charge in [0.2, 0.25) is 0 Å². The van der Waals surface area contributed by atoms with E-state index in [9.17, 15) is 29.7 Å². The van der Waals surface area contributed by atoms with Gasteiger partial charge in [-0.2, -0.15) is 15.2 Å². The zero-order chi connectivity index (χ0) is 44.1. The summed E-state index contributed by atoms with van der Waals surface area (Å²) in [5.41, 5.74) is 17.0. The maximum absolute atomic E-state index is 13.4. The van der Waals surface area contributed by atoms with Crippen LogP contribution in [0.4, 0.5) is 22.7 Å². The Balaban J connectivity index is 1.15. The standard InChI is InChI=1S/C42H55N13O6/c1-40(2,19-43)35(21-11-13-51(17-21)27-15-25(45)29-31(33(27)60-5)53(23-7-8-23)38(58)49-36(29)56)50-42(47,41(3,4)20-44)22-12-14-52(18-22)28-16-26(46)30-32(34(28)61-6)54(24-9-10-24)39(59)55(48)37(30)57/h15-16,21-24,35,50H,7-14,17-18,45-48H2,1-6H3,(H,49,56,58). The summed E-state index contributed by atoms with van der Waals surface area (Å²) < 4.78 is 15.6. The molecule has 4 fully saturated rings. The second-order valence-electron chi connectivity index (χ2n) is 18.4. The van der Waals surface area contributed by atoms with E-state index in [0.717, 1.165) is 25.7 Å². The van der Waals surface area contributed by atoms with Gasteiger partial charge in [0.05, 0.1) is 65.0 Å². The smallest absolute Gasteiger partial charge is 0.350 e. The zero-order valence-corrected chi connectivity index (χ0v) is 35.5. The van der Waals surface area contributed by atoms with Crippen LogP contribution < -0.4 is 70.1 Å². The fourth-order valence-corrected chi connectivity index (χ4v) is 9.95. The molecule has 0 bridgehead atoms. The lowest BCUT2D eigenvalue weighted by Crippen LogP contribution is -2.72. The average molecular weight is 838 g/mol. The number of ether oxygens (including phenoxy) is 2. The van der Waals surface area contributed by atoms with Gasteiger partial charge in [-0.1, -0.05) is 0 Å². The second kappa shape index (κ2) is 14.5. The molecule has 19 heteroatoms. The molecule has 0 radical (unpaired) electrons. The highest BCUT2D eigenvalue weighted by Gasteiger charge is 2.54. The molecule has 4 heterocycles. The van der Waals surface area contributed by atoms with Gasteiger partial charge in [-0.3, -0.25) is 29.0 Å². The lowest BCUT2D eigenvalue weighted by molar-refractivity contribution is 0.0600. The molecule has 4 aliphatic rings. The zero-order valence-electron chi connectivity index (χ0n) is 35.5. The van der Waals surface area contributed by atoms with Crippen molar-refractivity contribution >= 4 is 44.6 Å². The van der Waals surface area contributed by atoms with Crippen LogP contribution in [-0.4, -0.2) is 70.9 Å². The Labute approximate surface area is 351 Å². The van der Waals surface area contributed by atoms with Crippen LogP contribution in [0, 0.1) is 45.3 Å². The molecule has 61 heavy (non-hydrogen) atoms. The highest BCUT2D eigenvalue weighted by Crippen LogP contribution is 2.48. The van der Waals surface area contributed by atoms with Gasteiger partial charge in [-0.25, -0.2) is 9.59 Å². The van der Waals surface area contributed by atoms with Gasteiger partial charge in [-0.15, -0.1) is 0 Å². The highest BCUT2D eigenvalue weighted by molar-refractivity contribution is 6.00. The monoisotopic (exact) mass is 837 g/mol. The number of nitrogens with one attached hydrogen (secondary N) is 2. The molecule has 4 aromatic rings. The van der Waals surface area contributed by atoms with E-state index in [1.165, 1.54) is 18.8 Å². The molecule has 0 spiro atoms. The third kappa shape index (κ3) is 6.44. The number of nitrogens with two attached hydrogens (primary N) is 4. The van der Waals surface area contributed by atoms with Crippen molar-refractivity contribution in [3.63, 3.8) is 0 Å². The third-order valence-corrected chi connectivity index (χ3v) is 13.7. The molecule has 2 aromatic heterocycles. The Kier molecular flexibility index (Phi) is 9.87. The average Bonchev–Trinajstić information content (AvgIpc) is 4.14. The number of aromatic amines is 1. The Morgan fingerprint density at radius 3 is 1.90 bits per heavy atom. The fourth-order valence-electron chi connectivity index (χ4n) is 9.95.